The molecule has 4 rings (SSSR count). The highest BCUT2D eigenvalue weighted by Crippen LogP contribution is 2.51. The number of anilines is 1. The summed E-state index contributed by atoms with van der Waals surface area (Å²) in [7, 11) is 0. The maximum Gasteiger partial charge on any atom is 0.327 e. The van der Waals surface area contributed by atoms with Crippen molar-refractivity contribution in [3.63, 3.8) is 0 Å². The van der Waals surface area contributed by atoms with Crippen LogP contribution in [-0.2, 0) is 19.1 Å². The van der Waals surface area contributed by atoms with Crippen molar-refractivity contribution in [2.45, 2.75) is 38.8 Å². The van der Waals surface area contributed by atoms with Crippen LogP contribution in [0, 0.1) is 17.7 Å². The van der Waals surface area contributed by atoms with Gasteiger partial charge in [-0.1, -0.05) is 37.3 Å². The Morgan fingerprint density at radius 2 is 1.82 bits per heavy atom. The third kappa shape index (κ3) is 3.45. The predicted octanol–water partition coefficient (Wildman–Crippen LogP) is 3.19. The number of hydrogen-bond donors (Lipinski definition) is 1. The fourth-order valence-electron chi connectivity index (χ4n) is 5.03. The van der Waals surface area contributed by atoms with Gasteiger partial charge in [0.05, 0.1) is 24.1 Å². The summed E-state index contributed by atoms with van der Waals surface area (Å²) in [6.45, 7) is 4.86. The van der Waals surface area contributed by atoms with Gasteiger partial charge >= 0.3 is 5.97 Å². The van der Waals surface area contributed by atoms with Gasteiger partial charge in [-0.05, 0) is 38.5 Å². The summed E-state index contributed by atoms with van der Waals surface area (Å²) < 4.78 is 20.1. The zero-order valence-corrected chi connectivity index (χ0v) is 18.6. The fourth-order valence-corrected chi connectivity index (χ4v) is 5.03. The SMILES string of the molecule is CCOC(=O)[C@@]1(CC)N[C@@H](c2ccccc2F)[C@H]2C(=O)N(c3cccc(C(C)=O)c3)C(=O)[C@H]21. The Morgan fingerprint density at radius 3 is 2.45 bits per heavy atom. The van der Waals surface area contributed by atoms with Crippen LogP contribution in [0.5, 0.6) is 0 Å². The molecule has 4 atom stereocenters. The van der Waals surface area contributed by atoms with E-state index in [0.717, 1.165) is 4.90 Å². The molecule has 2 heterocycles. The molecule has 2 saturated heterocycles. The highest BCUT2D eigenvalue weighted by molar-refractivity contribution is 6.24. The number of esters is 1. The van der Waals surface area contributed by atoms with Gasteiger partial charge in [0, 0.05) is 17.2 Å². The van der Waals surface area contributed by atoms with E-state index < -0.39 is 47.0 Å². The molecule has 0 unspecified atom stereocenters. The molecule has 7 nitrogen and oxygen atoms in total. The van der Waals surface area contributed by atoms with E-state index in [4.69, 9.17) is 4.74 Å². The number of ketones is 1. The summed E-state index contributed by atoms with van der Waals surface area (Å²) in [6, 6.07) is 11.3. The number of carbonyl (C=O) groups is 4. The topological polar surface area (TPSA) is 92.8 Å². The Balaban J connectivity index is 1.87. The van der Waals surface area contributed by atoms with Crippen LogP contribution in [0.25, 0.3) is 0 Å². The van der Waals surface area contributed by atoms with E-state index in [-0.39, 0.29) is 30.1 Å². The second-order valence-electron chi connectivity index (χ2n) is 8.31. The number of imide groups is 1. The molecule has 0 spiro atoms. The van der Waals surface area contributed by atoms with Crippen molar-refractivity contribution in [2.24, 2.45) is 11.8 Å². The van der Waals surface area contributed by atoms with Crippen molar-refractivity contribution < 1.29 is 28.3 Å². The first-order chi connectivity index (χ1) is 15.8. The molecule has 1 N–H and O–H groups in total. The van der Waals surface area contributed by atoms with Crippen LogP contribution in [-0.4, -0.2) is 35.7 Å². The van der Waals surface area contributed by atoms with Gasteiger partial charge in [-0.3, -0.25) is 24.5 Å². The zero-order valence-electron chi connectivity index (χ0n) is 18.6. The lowest BCUT2D eigenvalue weighted by Gasteiger charge is -2.32. The highest BCUT2D eigenvalue weighted by Gasteiger charge is 2.68. The predicted molar refractivity (Wildman–Crippen MR) is 118 cm³/mol. The van der Waals surface area contributed by atoms with Crippen LogP contribution >= 0.6 is 0 Å². The van der Waals surface area contributed by atoms with Gasteiger partial charge in [0.2, 0.25) is 11.8 Å². The molecular formula is C25H25FN2O5. The summed E-state index contributed by atoms with van der Waals surface area (Å²) in [5, 5.41) is 3.12. The van der Waals surface area contributed by atoms with Crippen LogP contribution in [0.4, 0.5) is 10.1 Å². The van der Waals surface area contributed by atoms with Crippen molar-refractivity contribution in [1.29, 1.82) is 0 Å². The van der Waals surface area contributed by atoms with E-state index in [9.17, 15) is 23.6 Å². The molecular weight excluding hydrogens is 427 g/mol. The first-order valence-electron chi connectivity index (χ1n) is 10.9. The standard InChI is InChI=1S/C25H25FN2O5/c1-4-25(24(32)33-5-2)20-19(21(27-25)17-11-6-7-12-18(17)26)22(30)28(23(20)31)16-10-8-9-15(13-16)14(3)29/h6-13,19-21,27H,4-5H2,1-3H3/t19-,20-,21-,25-/m0/s1. The van der Waals surface area contributed by atoms with Gasteiger partial charge in [0.15, 0.2) is 5.78 Å². The number of nitrogens with zero attached hydrogens (tertiary/aromatic N) is 1. The third-order valence-corrected chi connectivity index (χ3v) is 6.60. The molecule has 8 heteroatoms. The number of Topliss-reactive ketones (excluding diaryl/α,β-unsaturated/α-hetero) is 1. The molecule has 0 aromatic heterocycles. The third-order valence-electron chi connectivity index (χ3n) is 6.60. The van der Waals surface area contributed by atoms with Gasteiger partial charge in [-0.2, -0.15) is 0 Å². The highest BCUT2D eigenvalue weighted by atomic mass is 19.1. The first kappa shape index (κ1) is 22.8. The number of benzene rings is 2. The summed E-state index contributed by atoms with van der Waals surface area (Å²) in [4.78, 5) is 53.4. The fraction of sp³-hybridized carbons (Fsp3) is 0.360. The minimum Gasteiger partial charge on any atom is -0.465 e. The number of fused-ring (bicyclic) bond motifs is 1. The summed E-state index contributed by atoms with van der Waals surface area (Å²) in [6.07, 6.45) is 0.165. The van der Waals surface area contributed by atoms with Crippen LogP contribution in [0.15, 0.2) is 48.5 Å². The number of carbonyl (C=O) groups excluding carboxylic acids is 4. The largest absolute Gasteiger partial charge is 0.465 e. The lowest BCUT2D eigenvalue weighted by Crippen LogP contribution is -2.56. The molecule has 0 aliphatic carbocycles. The van der Waals surface area contributed by atoms with E-state index in [2.05, 4.69) is 5.32 Å². The number of ether oxygens (including phenoxy) is 1. The van der Waals surface area contributed by atoms with E-state index in [0.29, 0.717) is 5.56 Å². The molecule has 2 aliphatic rings. The van der Waals surface area contributed by atoms with Gasteiger partial charge in [-0.25, -0.2) is 9.29 Å². The molecule has 2 amide bonds. The quantitative estimate of drug-likeness (QED) is 0.411. The second kappa shape index (κ2) is 8.51. The minimum atomic E-state index is -1.49. The van der Waals surface area contributed by atoms with Crippen LogP contribution in [0.3, 0.4) is 0 Å². The zero-order chi connectivity index (χ0) is 23.9. The minimum absolute atomic E-state index is 0.0938. The monoisotopic (exact) mass is 452 g/mol. The van der Waals surface area contributed by atoms with Gasteiger partial charge in [0.25, 0.3) is 0 Å². The lowest BCUT2D eigenvalue weighted by atomic mass is 9.78. The number of rotatable bonds is 6. The maximum atomic E-state index is 14.8. The van der Waals surface area contributed by atoms with E-state index >= 15 is 0 Å². The maximum absolute atomic E-state index is 14.8. The first-order valence-corrected chi connectivity index (χ1v) is 10.9. The summed E-state index contributed by atoms with van der Waals surface area (Å²) >= 11 is 0. The van der Waals surface area contributed by atoms with Gasteiger partial charge < -0.3 is 4.74 Å². The van der Waals surface area contributed by atoms with Crippen molar-refractivity contribution in [3.8, 4) is 0 Å². The molecule has 2 fully saturated rings. The van der Waals surface area contributed by atoms with Crippen molar-refractivity contribution in [1.82, 2.24) is 5.32 Å². The van der Waals surface area contributed by atoms with E-state index in [1.165, 1.54) is 31.2 Å². The average molecular weight is 452 g/mol. The molecule has 172 valence electrons. The Bertz CT molecular complexity index is 1150. The van der Waals surface area contributed by atoms with Gasteiger partial charge in [-0.15, -0.1) is 0 Å². The number of halogens is 1. The number of hydrogen-bond acceptors (Lipinski definition) is 6. The second-order valence-corrected chi connectivity index (χ2v) is 8.31. The molecule has 0 saturated carbocycles. The Labute approximate surface area is 190 Å². The Kier molecular flexibility index (Phi) is 5.88. The van der Waals surface area contributed by atoms with E-state index in [1.54, 1.807) is 38.1 Å². The summed E-state index contributed by atoms with van der Waals surface area (Å²) in [5.74, 6) is -4.63. The smallest absolute Gasteiger partial charge is 0.327 e. The van der Waals surface area contributed by atoms with Crippen molar-refractivity contribution in [3.05, 3.63) is 65.5 Å². The number of nitrogens with one attached hydrogen (secondary N) is 1. The summed E-state index contributed by atoms with van der Waals surface area (Å²) in [5.41, 5.74) is -0.699. The van der Waals surface area contributed by atoms with Crippen molar-refractivity contribution >= 4 is 29.3 Å². The lowest BCUT2D eigenvalue weighted by molar-refractivity contribution is -0.154. The van der Waals surface area contributed by atoms with Crippen molar-refractivity contribution in [2.75, 3.05) is 11.5 Å². The Morgan fingerprint density at radius 1 is 1.09 bits per heavy atom. The van der Waals surface area contributed by atoms with Crippen LogP contribution in [0.2, 0.25) is 0 Å². The van der Waals surface area contributed by atoms with Crippen LogP contribution in [0.1, 0.15) is 49.2 Å². The van der Waals surface area contributed by atoms with E-state index in [1.807, 2.05) is 0 Å². The normalized spacial score (nSPS) is 26.4. The average Bonchev–Trinajstić information content (AvgIpc) is 3.28. The Hall–Kier alpha value is -3.39. The molecule has 0 radical (unpaired) electrons. The van der Waals surface area contributed by atoms with Gasteiger partial charge in [0.1, 0.15) is 11.4 Å². The molecule has 2 aromatic carbocycles. The van der Waals surface area contributed by atoms with Crippen LogP contribution < -0.4 is 10.2 Å². The molecule has 0 bridgehead atoms. The number of amides is 2. The molecule has 2 aromatic rings. The molecule has 33 heavy (non-hydrogen) atoms. The molecule has 2 aliphatic heterocycles.